The van der Waals surface area contributed by atoms with E-state index in [1.54, 1.807) is 0 Å². The molecule has 2 nitrogen and oxygen atoms in total. The van der Waals surface area contributed by atoms with Gasteiger partial charge >= 0.3 is 12.1 Å². The second-order valence-electron chi connectivity index (χ2n) is 8.44. The standard InChI is InChI=1S/C29H25F3O2S/c1-20-4-14-25(15-5-20)35(26-16-6-21(2)7-17-26,27-18-8-22(3)9-19-27)34-28(33)23-10-12-24(13-11-23)29(30,31)32/h4-19H,1-3H3. The van der Waals surface area contributed by atoms with E-state index in [9.17, 15) is 18.0 Å². The summed E-state index contributed by atoms with van der Waals surface area (Å²) in [5.41, 5.74) is 2.42. The van der Waals surface area contributed by atoms with Gasteiger partial charge in [0, 0.05) is 14.7 Å². The van der Waals surface area contributed by atoms with Crippen LogP contribution in [0.15, 0.2) is 112 Å². The third-order valence-electron chi connectivity index (χ3n) is 5.71. The van der Waals surface area contributed by atoms with Gasteiger partial charge in [-0.2, -0.15) is 13.2 Å². The van der Waals surface area contributed by atoms with E-state index in [2.05, 4.69) is 0 Å². The molecule has 35 heavy (non-hydrogen) atoms. The van der Waals surface area contributed by atoms with Gasteiger partial charge in [-0.25, -0.2) is 4.79 Å². The third-order valence-corrected chi connectivity index (χ3v) is 8.92. The van der Waals surface area contributed by atoms with Crippen LogP contribution in [0.2, 0.25) is 0 Å². The van der Waals surface area contributed by atoms with Gasteiger partial charge in [-0.1, -0.05) is 53.1 Å². The van der Waals surface area contributed by atoms with Crippen molar-refractivity contribution in [2.75, 3.05) is 0 Å². The fourth-order valence-corrected chi connectivity index (χ4v) is 6.69. The molecule has 0 spiro atoms. The molecule has 0 N–H and O–H groups in total. The first-order chi connectivity index (χ1) is 16.6. The van der Waals surface area contributed by atoms with Crippen molar-refractivity contribution in [2.45, 2.75) is 41.6 Å². The van der Waals surface area contributed by atoms with Crippen LogP contribution >= 0.6 is 10.3 Å². The number of carbonyl (C=O) groups excluding carboxylic acids is 1. The van der Waals surface area contributed by atoms with Crippen molar-refractivity contribution >= 4 is 16.3 Å². The van der Waals surface area contributed by atoms with E-state index in [1.807, 2.05) is 93.6 Å². The van der Waals surface area contributed by atoms with Gasteiger partial charge in [0.1, 0.15) is 0 Å². The maximum Gasteiger partial charge on any atom is 0.416 e. The predicted molar refractivity (Wildman–Crippen MR) is 133 cm³/mol. The fraction of sp³-hybridized carbons (Fsp3) is 0.138. The summed E-state index contributed by atoms with van der Waals surface area (Å²) in [5, 5.41) is 0. The largest absolute Gasteiger partial charge is 0.416 e. The molecular formula is C29H25F3O2S. The van der Waals surface area contributed by atoms with E-state index in [4.69, 9.17) is 4.18 Å². The molecule has 4 rings (SSSR count). The van der Waals surface area contributed by atoms with Crippen molar-refractivity contribution in [3.63, 3.8) is 0 Å². The van der Waals surface area contributed by atoms with Crippen LogP contribution < -0.4 is 0 Å². The molecule has 0 unspecified atom stereocenters. The predicted octanol–water partition coefficient (Wildman–Crippen LogP) is 8.68. The van der Waals surface area contributed by atoms with E-state index < -0.39 is 28.0 Å². The minimum atomic E-state index is -4.48. The molecule has 0 aliphatic rings. The minimum Gasteiger partial charge on any atom is -0.398 e. The molecule has 0 aliphatic carbocycles. The molecule has 0 aliphatic heterocycles. The summed E-state index contributed by atoms with van der Waals surface area (Å²) in [5.74, 6) is -0.685. The van der Waals surface area contributed by atoms with Crippen LogP contribution in [0.3, 0.4) is 0 Å². The fourth-order valence-electron chi connectivity index (χ4n) is 3.70. The first-order valence-corrected chi connectivity index (χ1v) is 12.6. The summed E-state index contributed by atoms with van der Waals surface area (Å²) in [4.78, 5) is 15.9. The zero-order valence-electron chi connectivity index (χ0n) is 19.6. The second kappa shape index (κ2) is 9.62. The summed E-state index contributed by atoms with van der Waals surface area (Å²) in [7, 11) is -2.54. The lowest BCUT2D eigenvalue weighted by molar-refractivity contribution is -0.137. The van der Waals surface area contributed by atoms with Gasteiger partial charge < -0.3 is 4.18 Å². The van der Waals surface area contributed by atoms with Crippen molar-refractivity contribution in [3.05, 3.63) is 125 Å². The van der Waals surface area contributed by atoms with E-state index >= 15 is 0 Å². The molecule has 4 aromatic carbocycles. The van der Waals surface area contributed by atoms with Crippen LogP contribution in [0.5, 0.6) is 0 Å². The molecule has 0 atom stereocenters. The maximum absolute atomic E-state index is 13.5. The molecule has 0 fully saturated rings. The molecule has 0 amide bonds. The number of benzene rings is 4. The van der Waals surface area contributed by atoms with Crippen LogP contribution in [0.25, 0.3) is 0 Å². The average Bonchev–Trinajstić information content (AvgIpc) is 2.84. The van der Waals surface area contributed by atoms with Gasteiger partial charge in [0.05, 0.1) is 11.1 Å². The Hall–Kier alpha value is -3.51. The zero-order valence-corrected chi connectivity index (χ0v) is 20.4. The molecule has 0 saturated carbocycles. The Labute approximate surface area is 204 Å². The molecule has 0 saturated heterocycles. The quantitative estimate of drug-likeness (QED) is 0.277. The van der Waals surface area contributed by atoms with Crippen LogP contribution in [0.1, 0.15) is 32.6 Å². The van der Waals surface area contributed by atoms with Gasteiger partial charge in [0.15, 0.2) is 0 Å². The van der Waals surface area contributed by atoms with E-state index in [-0.39, 0.29) is 5.56 Å². The highest BCUT2D eigenvalue weighted by atomic mass is 32.3. The SMILES string of the molecule is Cc1ccc(S(OC(=O)c2ccc(C(F)(F)F)cc2)(c2ccc(C)cc2)c2ccc(C)cc2)cc1. The van der Waals surface area contributed by atoms with Gasteiger partial charge in [-0.3, -0.25) is 0 Å². The lowest BCUT2D eigenvalue weighted by Crippen LogP contribution is -2.14. The zero-order chi connectivity index (χ0) is 25.2. The van der Waals surface area contributed by atoms with Crippen molar-refractivity contribution in [1.82, 2.24) is 0 Å². The molecule has 0 radical (unpaired) electrons. The lowest BCUT2D eigenvalue weighted by Gasteiger charge is -2.40. The van der Waals surface area contributed by atoms with Gasteiger partial charge in [0.25, 0.3) is 0 Å². The highest BCUT2D eigenvalue weighted by molar-refractivity contribution is 8.30. The number of aryl methyl sites for hydroxylation is 3. The highest BCUT2D eigenvalue weighted by Gasteiger charge is 2.36. The Balaban J connectivity index is 1.90. The molecule has 180 valence electrons. The Kier molecular flexibility index (Phi) is 6.77. The minimum absolute atomic E-state index is 0.0567. The number of carbonyl (C=O) groups is 1. The number of rotatable bonds is 5. The molecule has 0 bridgehead atoms. The van der Waals surface area contributed by atoms with E-state index in [0.29, 0.717) is 0 Å². The van der Waals surface area contributed by atoms with Crippen molar-refractivity contribution in [2.24, 2.45) is 0 Å². The summed E-state index contributed by atoms with van der Waals surface area (Å²) in [6.45, 7) is 5.94. The molecule has 4 aromatic rings. The Morgan fingerprint density at radius 1 is 0.600 bits per heavy atom. The topological polar surface area (TPSA) is 26.3 Å². The van der Waals surface area contributed by atoms with Crippen LogP contribution in [0, 0.1) is 20.8 Å². The molecular weight excluding hydrogens is 469 g/mol. The molecule has 0 heterocycles. The first kappa shape index (κ1) is 24.6. The smallest absolute Gasteiger partial charge is 0.398 e. The highest BCUT2D eigenvalue weighted by Crippen LogP contribution is 2.69. The summed E-state index contributed by atoms with van der Waals surface area (Å²) < 4.78 is 45.5. The Bertz CT molecular complexity index is 1200. The maximum atomic E-state index is 13.5. The van der Waals surface area contributed by atoms with Crippen LogP contribution in [0.4, 0.5) is 13.2 Å². The molecule has 0 aromatic heterocycles. The van der Waals surface area contributed by atoms with Crippen molar-refractivity contribution < 1.29 is 22.1 Å². The van der Waals surface area contributed by atoms with Crippen molar-refractivity contribution in [3.8, 4) is 0 Å². The number of hydrogen-bond acceptors (Lipinski definition) is 2. The van der Waals surface area contributed by atoms with Gasteiger partial charge in [-0.15, -0.1) is 0 Å². The van der Waals surface area contributed by atoms with Crippen LogP contribution in [-0.2, 0) is 10.4 Å². The second-order valence-corrected chi connectivity index (χ2v) is 11.1. The third kappa shape index (κ3) is 5.13. The number of hydrogen-bond donors (Lipinski definition) is 0. The number of halogens is 3. The number of alkyl halides is 3. The first-order valence-electron chi connectivity index (χ1n) is 11.0. The van der Waals surface area contributed by atoms with E-state index in [0.717, 1.165) is 55.6 Å². The normalized spacial score (nSPS) is 12.3. The summed E-state index contributed by atoms with van der Waals surface area (Å²) in [6.07, 6.45) is -4.48. The monoisotopic (exact) mass is 494 g/mol. The lowest BCUT2D eigenvalue weighted by atomic mass is 10.1. The summed E-state index contributed by atoms with van der Waals surface area (Å²) in [6, 6.07) is 27.6. The van der Waals surface area contributed by atoms with Gasteiger partial charge in [-0.05, 0) is 91.7 Å². The average molecular weight is 495 g/mol. The van der Waals surface area contributed by atoms with Crippen molar-refractivity contribution in [1.29, 1.82) is 0 Å². The summed E-state index contributed by atoms with van der Waals surface area (Å²) >= 11 is 0. The van der Waals surface area contributed by atoms with Gasteiger partial charge in [0.2, 0.25) is 0 Å². The van der Waals surface area contributed by atoms with Crippen LogP contribution in [-0.4, -0.2) is 5.97 Å². The molecule has 6 heteroatoms. The van der Waals surface area contributed by atoms with E-state index in [1.165, 1.54) is 0 Å². The Morgan fingerprint density at radius 2 is 0.943 bits per heavy atom. The Morgan fingerprint density at radius 3 is 1.26 bits per heavy atom.